The number of anilines is 2. The Kier molecular flexibility index (Phi) is 9.71. The third-order valence-corrected chi connectivity index (χ3v) is 10.3. The Morgan fingerprint density at radius 3 is 2.46 bits per heavy atom. The molecule has 2 N–H and O–H groups in total. The molecule has 2 heterocycles. The Balaban J connectivity index is 1.32. The minimum absolute atomic E-state index is 0.305. The van der Waals surface area contributed by atoms with Crippen molar-refractivity contribution in [1.82, 2.24) is 14.7 Å². The summed E-state index contributed by atoms with van der Waals surface area (Å²) in [5.41, 5.74) is 3.53. The molecule has 2 amide bonds. The van der Waals surface area contributed by atoms with Crippen molar-refractivity contribution in [3.63, 3.8) is 0 Å². The zero-order valence-electron chi connectivity index (χ0n) is 24.4. The van der Waals surface area contributed by atoms with Gasteiger partial charge in [-0.05, 0) is 42.8 Å². The van der Waals surface area contributed by atoms with Gasteiger partial charge in [0, 0.05) is 35.7 Å². The molecule has 3 aromatic carbocycles. The molecule has 0 unspecified atom stereocenters. The highest BCUT2D eigenvalue weighted by Crippen LogP contribution is 2.32. The molecule has 0 atom stereocenters. The summed E-state index contributed by atoms with van der Waals surface area (Å²) in [5.74, 6) is 1.49. The second-order valence-corrected chi connectivity index (χ2v) is 13.0. The van der Waals surface area contributed by atoms with Crippen molar-refractivity contribution < 1.29 is 14.3 Å². The molecule has 8 nitrogen and oxygen atoms in total. The van der Waals surface area contributed by atoms with Crippen LogP contribution in [0.1, 0.15) is 32.3 Å². The highest BCUT2D eigenvalue weighted by Gasteiger charge is 2.17. The maximum absolute atomic E-state index is 13.3. The van der Waals surface area contributed by atoms with E-state index in [-0.39, 0.29) is 6.03 Å². The normalized spacial score (nSPS) is 14.2. The van der Waals surface area contributed by atoms with Crippen LogP contribution in [0.2, 0.25) is 5.54 Å². The van der Waals surface area contributed by atoms with Gasteiger partial charge in [0.25, 0.3) is 0 Å². The van der Waals surface area contributed by atoms with E-state index in [4.69, 9.17) is 14.6 Å². The summed E-state index contributed by atoms with van der Waals surface area (Å²) < 4.78 is 13.5. The van der Waals surface area contributed by atoms with Crippen molar-refractivity contribution in [2.75, 3.05) is 50.1 Å². The van der Waals surface area contributed by atoms with Crippen LogP contribution in [0, 0.1) is 6.92 Å². The summed E-state index contributed by atoms with van der Waals surface area (Å²) in [6.45, 7) is 11.4. The summed E-state index contributed by atoms with van der Waals surface area (Å²) in [6, 6.07) is 21.8. The number of benzene rings is 3. The van der Waals surface area contributed by atoms with Gasteiger partial charge in [-0.1, -0.05) is 68.7 Å². The first-order valence-electron chi connectivity index (χ1n) is 14.7. The van der Waals surface area contributed by atoms with Crippen molar-refractivity contribution >= 4 is 43.1 Å². The topological polar surface area (TPSA) is 80.6 Å². The Hall–Kier alpha value is -3.66. The fourth-order valence-corrected chi connectivity index (χ4v) is 6.96. The number of aryl methyl sites for hydroxylation is 1. The average Bonchev–Trinajstić information content (AvgIpc) is 3.39. The fraction of sp³-hybridized carbons (Fsp3) is 0.375. The van der Waals surface area contributed by atoms with Gasteiger partial charge in [-0.2, -0.15) is 5.10 Å². The molecule has 5 rings (SSSR count). The zero-order chi connectivity index (χ0) is 28.6. The molecule has 1 aliphatic heterocycles. The maximum Gasteiger partial charge on any atom is 0.324 e. The van der Waals surface area contributed by atoms with Crippen molar-refractivity contribution in [2.45, 2.75) is 39.2 Å². The smallest absolute Gasteiger partial charge is 0.324 e. The Morgan fingerprint density at radius 1 is 1.00 bits per heavy atom. The Bertz CT molecular complexity index is 1450. The lowest BCUT2D eigenvalue weighted by molar-refractivity contribution is 0.0323. The van der Waals surface area contributed by atoms with Crippen molar-refractivity contribution in [2.24, 2.45) is 0 Å². The lowest BCUT2D eigenvalue weighted by Crippen LogP contribution is -2.38. The maximum atomic E-state index is 13.3. The van der Waals surface area contributed by atoms with Crippen molar-refractivity contribution in [3.05, 3.63) is 72.3 Å². The number of rotatable bonds is 11. The third kappa shape index (κ3) is 7.35. The first-order valence-corrected chi connectivity index (χ1v) is 16.2. The van der Waals surface area contributed by atoms with E-state index in [2.05, 4.69) is 48.4 Å². The molecule has 216 valence electrons. The lowest BCUT2D eigenvalue weighted by atomic mass is 10.1. The van der Waals surface area contributed by atoms with Gasteiger partial charge in [-0.25, -0.2) is 9.48 Å². The highest BCUT2D eigenvalue weighted by molar-refractivity contribution is 6.54. The number of hydrogen-bond acceptors (Lipinski definition) is 5. The van der Waals surface area contributed by atoms with Gasteiger partial charge in [-0.15, -0.1) is 0 Å². The molecule has 0 spiro atoms. The second-order valence-electron chi connectivity index (χ2n) is 10.7. The van der Waals surface area contributed by atoms with Gasteiger partial charge in [0.05, 0.1) is 34.1 Å². The molecule has 0 aliphatic carbocycles. The summed E-state index contributed by atoms with van der Waals surface area (Å²) in [5, 5.41) is 14.1. The number of nitrogens with one attached hydrogen (secondary N) is 2. The van der Waals surface area contributed by atoms with Crippen LogP contribution in [0.4, 0.5) is 16.3 Å². The van der Waals surface area contributed by atoms with Crippen LogP contribution >= 0.6 is 0 Å². The first-order chi connectivity index (χ1) is 20.0. The van der Waals surface area contributed by atoms with E-state index in [1.165, 1.54) is 5.56 Å². The number of nitrogens with zero attached hydrogens (tertiary/aromatic N) is 3. The number of amides is 2. The number of fused-ring (bicyclic) bond motifs is 1. The molecule has 0 radical (unpaired) electrons. The number of carbonyl (C=O) groups is 1. The molecule has 0 saturated carbocycles. The number of aromatic nitrogens is 2. The molecule has 1 aliphatic rings. The fourth-order valence-electron chi connectivity index (χ4n) is 5.26. The average molecular weight is 572 g/mol. The zero-order valence-corrected chi connectivity index (χ0v) is 25.8. The molecular weight excluding hydrogens is 530 g/mol. The molecule has 9 heteroatoms. The summed E-state index contributed by atoms with van der Waals surface area (Å²) in [7, 11) is -0.575. The quantitative estimate of drug-likeness (QED) is 0.245. The minimum Gasteiger partial charge on any atom is -0.492 e. The molecule has 1 saturated heterocycles. The molecule has 4 aromatic rings. The SMILES string of the molecule is CCC(CC)[SiH2]c1cc(NC(=O)Nc2ccc(OCCN3CCOCC3)c3ccccc23)n(-c2ccc(C)cc2)n1. The number of carbonyl (C=O) groups excluding carboxylic acids is 1. The molecule has 1 aromatic heterocycles. The second kappa shape index (κ2) is 13.8. The van der Waals surface area contributed by atoms with E-state index < -0.39 is 9.52 Å². The number of hydrogen-bond donors (Lipinski definition) is 2. The molecule has 0 bridgehead atoms. The monoisotopic (exact) mass is 571 g/mol. The number of urea groups is 1. The minimum atomic E-state index is -0.575. The summed E-state index contributed by atoms with van der Waals surface area (Å²) >= 11 is 0. The van der Waals surface area contributed by atoms with E-state index in [1.54, 1.807) is 0 Å². The standard InChI is InChI=1S/C32H41N5O3Si/c1-4-25(5-2)41-31-22-30(37(35-31)24-12-10-23(3)11-13-24)34-32(38)33-28-14-15-29(27-9-7-6-8-26(27)28)40-21-18-36-16-19-39-20-17-36/h6-15,22,25H,4-5,16-21,41H2,1-3H3,(H2,33,34,38). The molecule has 1 fully saturated rings. The number of morpholine rings is 1. The van der Waals surface area contributed by atoms with Crippen LogP contribution in [0.5, 0.6) is 5.75 Å². The van der Waals surface area contributed by atoms with E-state index in [1.807, 2.05) is 59.3 Å². The van der Waals surface area contributed by atoms with Gasteiger partial charge in [0.15, 0.2) is 0 Å². The predicted molar refractivity (Wildman–Crippen MR) is 170 cm³/mol. The van der Waals surface area contributed by atoms with Crippen LogP contribution in [-0.2, 0) is 4.74 Å². The van der Waals surface area contributed by atoms with Gasteiger partial charge in [-0.3, -0.25) is 10.2 Å². The van der Waals surface area contributed by atoms with E-state index in [0.29, 0.717) is 18.0 Å². The van der Waals surface area contributed by atoms with Crippen molar-refractivity contribution in [1.29, 1.82) is 0 Å². The largest absolute Gasteiger partial charge is 0.492 e. The van der Waals surface area contributed by atoms with Gasteiger partial charge in [0.1, 0.15) is 18.2 Å². The number of ether oxygens (including phenoxy) is 2. The highest BCUT2D eigenvalue weighted by atomic mass is 28.2. The van der Waals surface area contributed by atoms with Crippen molar-refractivity contribution in [3.8, 4) is 11.4 Å². The van der Waals surface area contributed by atoms with Crippen LogP contribution in [-0.4, -0.2) is 69.7 Å². The lowest BCUT2D eigenvalue weighted by Gasteiger charge is -2.26. The first kappa shape index (κ1) is 28.9. The molecular formula is C32H41N5O3Si. The van der Waals surface area contributed by atoms with Crippen LogP contribution in [0.15, 0.2) is 66.7 Å². The Labute approximate surface area is 244 Å². The van der Waals surface area contributed by atoms with Gasteiger partial charge in [0.2, 0.25) is 0 Å². The third-order valence-electron chi connectivity index (χ3n) is 7.83. The molecule has 41 heavy (non-hydrogen) atoms. The van der Waals surface area contributed by atoms with Gasteiger partial charge >= 0.3 is 6.03 Å². The van der Waals surface area contributed by atoms with Gasteiger partial charge < -0.3 is 14.8 Å². The van der Waals surface area contributed by atoms with E-state index in [0.717, 1.165) is 78.9 Å². The summed E-state index contributed by atoms with van der Waals surface area (Å²) in [6.07, 6.45) is 2.31. The van der Waals surface area contributed by atoms with E-state index in [9.17, 15) is 4.79 Å². The van der Waals surface area contributed by atoms with Crippen LogP contribution in [0.3, 0.4) is 0 Å². The summed E-state index contributed by atoms with van der Waals surface area (Å²) in [4.78, 5) is 15.7. The van der Waals surface area contributed by atoms with E-state index >= 15 is 0 Å². The van der Waals surface area contributed by atoms with Crippen LogP contribution in [0.25, 0.3) is 16.5 Å². The predicted octanol–water partition coefficient (Wildman–Crippen LogP) is 5.09. The Morgan fingerprint density at radius 2 is 1.73 bits per heavy atom. The van der Waals surface area contributed by atoms with Crippen LogP contribution < -0.4 is 20.7 Å².